The summed E-state index contributed by atoms with van der Waals surface area (Å²) in [7, 11) is 1.58. The highest BCUT2D eigenvalue weighted by Crippen LogP contribution is 2.31. The second-order valence-electron chi connectivity index (χ2n) is 5.05. The smallest absolute Gasteiger partial charge is 0.360 e. The average molecular weight is 267 g/mol. The average Bonchev–Trinajstić information content (AvgIpc) is 2.95. The number of oxazole rings is 1. The van der Waals surface area contributed by atoms with E-state index in [-0.39, 0.29) is 18.4 Å². The molecule has 0 radical (unpaired) electrons. The fraction of sp³-hybridized carbons (Fsp3) is 0.714. The fourth-order valence-corrected chi connectivity index (χ4v) is 2.25. The lowest BCUT2D eigenvalue weighted by Crippen LogP contribution is -2.17. The van der Waals surface area contributed by atoms with E-state index in [1.54, 1.807) is 7.11 Å². The van der Waals surface area contributed by atoms with E-state index in [0.29, 0.717) is 11.8 Å². The van der Waals surface area contributed by atoms with Gasteiger partial charge in [0.2, 0.25) is 0 Å². The molecule has 19 heavy (non-hydrogen) atoms. The first-order chi connectivity index (χ1) is 9.20. The Morgan fingerprint density at radius 3 is 2.89 bits per heavy atom. The van der Waals surface area contributed by atoms with Crippen LogP contribution in [0.2, 0.25) is 0 Å². The second kappa shape index (κ2) is 6.70. The molecule has 106 valence electrons. The highest BCUT2D eigenvalue weighted by Gasteiger charge is 2.22. The zero-order valence-corrected chi connectivity index (χ0v) is 11.6. The SMILES string of the molecule is COC(C)COC(=O)c1coc(C2CCCCC2)n1. The second-order valence-corrected chi connectivity index (χ2v) is 5.05. The molecular weight excluding hydrogens is 246 g/mol. The van der Waals surface area contributed by atoms with Crippen molar-refractivity contribution in [3.8, 4) is 0 Å². The van der Waals surface area contributed by atoms with Gasteiger partial charge in [0.25, 0.3) is 0 Å². The van der Waals surface area contributed by atoms with Crippen molar-refractivity contribution in [2.75, 3.05) is 13.7 Å². The maximum atomic E-state index is 11.8. The van der Waals surface area contributed by atoms with Crippen LogP contribution in [0, 0.1) is 0 Å². The summed E-state index contributed by atoms with van der Waals surface area (Å²) in [6.45, 7) is 2.06. The summed E-state index contributed by atoms with van der Waals surface area (Å²) in [5.41, 5.74) is 0.254. The number of aromatic nitrogens is 1. The molecule has 1 heterocycles. The Kier molecular flexibility index (Phi) is 4.96. The van der Waals surface area contributed by atoms with Crippen LogP contribution in [0.3, 0.4) is 0 Å². The normalized spacial score (nSPS) is 18.2. The van der Waals surface area contributed by atoms with Crippen LogP contribution in [0.5, 0.6) is 0 Å². The van der Waals surface area contributed by atoms with E-state index in [0.717, 1.165) is 12.8 Å². The van der Waals surface area contributed by atoms with Gasteiger partial charge in [-0.25, -0.2) is 9.78 Å². The summed E-state index contributed by atoms with van der Waals surface area (Å²) in [6, 6.07) is 0. The molecule has 2 rings (SSSR count). The summed E-state index contributed by atoms with van der Waals surface area (Å²) in [5, 5.41) is 0. The molecule has 0 bridgehead atoms. The predicted molar refractivity (Wildman–Crippen MR) is 69.1 cm³/mol. The maximum absolute atomic E-state index is 11.8. The number of carbonyl (C=O) groups excluding carboxylic acids is 1. The highest BCUT2D eigenvalue weighted by atomic mass is 16.6. The summed E-state index contributed by atoms with van der Waals surface area (Å²) in [4.78, 5) is 16.0. The van der Waals surface area contributed by atoms with Crippen molar-refractivity contribution in [1.29, 1.82) is 0 Å². The van der Waals surface area contributed by atoms with Gasteiger partial charge < -0.3 is 13.9 Å². The molecule has 1 unspecified atom stereocenters. The van der Waals surface area contributed by atoms with Gasteiger partial charge in [0.05, 0.1) is 6.10 Å². The fourth-order valence-electron chi connectivity index (χ4n) is 2.25. The standard InChI is InChI=1S/C14H21NO4/c1-10(17-2)8-19-14(16)12-9-18-13(15-12)11-6-4-3-5-7-11/h9-11H,3-8H2,1-2H3. The van der Waals surface area contributed by atoms with Crippen LogP contribution < -0.4 is 0 Å². The van der Waals surface area contributed by atoms with Crippen LogP contribution in [0.15, 0.2) is 10.7 Å². The first-order valence-electron chi connectivity index (χ1n) is 6.86. The van der Waals surface area contributed by atoms with Gasteiger partial charge in [-0.15, -0.1) is 0 Å². The zero-order valence-electron chi connectivity index (χ0n) is 11.6. The van der Waals surface area contributed by atoms with Crippen LogP contribution in [-0.2, 0) is 9.47 Å². The molecule has 0 aromatic carbocycles. The third kappa shape index (κ3) is 3.80. The lowest BCUT2D eigenvalue weighted by molar-refractivity contribution is 0.0164. The maximum Gasteiger partial charge on any atom is 0.360 e. The van der Waals surface area contributed by atoms with Crippen molar-refractivity contribution in [1.82, 2.24) is 4.98 Å². The van der Waals surface area contributed by atoms with Gasteiger partial charge in [0, 0.05) is 13.0 Å². The molecule has 1 aliphatic carbocycles. The third-order valence-corrected chi connectivity index (χ3v) is 3.54. The quantitative estimate of drug-likeness (QED) is 0.768. The van der Waals surface area contributed by atoms with Gasteiger partial charge in [0.1, 0.15) is 12.9 Å². The van der Waals surface area contributed by atoms with Crippen LogP contribution in [-0.4, -0.2) is 30.8 Å². The Hall–Kier alpha value is -1.36. The van der Waals surface area contributed by atoms with E-state index >= 15 is 0 Å². The Balaban J connectivity index is 1.90. The van der Waals surface area contributed by atoms with Crippen LogP contribution in [0.4, 0.5) is 0 Å². The van der Waals surface area contributed by atoms with E-state index < -0.39 is 5.97 Å². The Labute approximate surface area is 113 Å². The molecular formula is C14H21NO4. The summed E-state index contributed by atoms with van der Waals surface area (Å²) >= 11 is 0. The number of esters is 1. The predicted octanol–water partition coefficient (Wildman–Crippen LogP) is 2.91. The third-order valence-electron chi connectivity index (χ3n) is 3.54. The number of rotatable bonds is 5. The first-order valence-corrected chi connectivity index (χ1v) is 6.86. The van der Waals surface area contributed by atoms with E-state index in [9.17, 15) is 4.79 Å². The molecule has 1 aromatic heterocycles. The van der Waals surface area contributed by atoms with Gasteiger partial charge in [-0.1, -0.05) is 19.3 Å². The molecule has 5 nitrogen and oxygen atoms in total. The highest BCUT2D eigenvalue weighted by molar-refractivity contribution is 5.86. The molecule has 1 saturated carbocycles. The minimum atomic E-state index is -0.449. The summed E-state index contributed by atoms with van der Waals surface area (Å²) < 4.78 is 15.5. The topological polar surface area (TPSA) is 61.6 Å². The number of hydrogen-bond donors (Lipinski definition) is 0. The lowest BCUT2D eigenvalue weighted by Gasteiger charge is -2.17. The van der Waals surface area contributed by atoms with Crippen molar-refractivity contribution in [2.45, 2.75) is 51.0 Å². The summed E-state index contributed by atoms with van der Waals surface area (Å²) in [5.74, 6) is 0.578. The van der Waals surface area contributed by atoms with Gasteiger partial charge in [-0.3, -0.25) is 0 Å². The molecule has 0 saturated heterocycles. The van der Waals surface area contributed by atoms with Gasteiger partial charge in [-0.05, 0) is 19.8 Å². The van der Waals surface area contributed by atoms with E-state index in [1.807, 2.05) is 6.92 Å². The molecule has 0 N–H and O–H groups in total. The largest absolute Gasteiger partial charge is 0.458 e. The molecule has 0 spiro atoms. The van der Waals surface area contributed by atoms with Gasteiger partial charge in [-0.2, -0.15) is 0 Å². The molecule has 1 atom stereocenters. The van der Waals surface area contributed by atoms with Crippen molar-refractivity contribution >= 4 is 5.97 Å². The molecule has 5 heteroatoms. The molecule has 1 aromatic rings. The Bertz CT molecular complexity index is 409. The van der Waals surface area contributed by atoms with Gasteiger partial charge >= 0.3 is 5.97 Å². The van der Waals surface area contributed by atoms with Crippen molar-refractivity contribution in [3.05, 3.63) is 17.8 Å². The number of carbonyl (C=O) groups is 1. The number of hydrogen-bond acceptors (Lipinski definition) is 5. The van der Waals surface area contributed by atoms with Gasteiger partial charge in [0.15, 0.2) is 11.6 Å². The Morgan fingerprint density at radius 2 is 2.21 bits per heavy atom. The van der Waals surface area contributed by atoms with Crippen LogP contribution in [0.1, 0.15) is 61.3 Å². The minimum Gasteiger partial charge on any atom is -0.458 e. The van der Waals surface area contributed by atoms with Crippen molar-refractivity contribution in [3.63, 3.8) is 0 Å². The monoisotopic (exact) mass is 267 g/mol. The number of ether oxygens (including phenoxy) is 2. The molecule has 0 amide bonds. The molecule has 1 aliphatic rings. The zero-order chi connectivity index (χ0) is 13.7. The van der Waals surface area contributed by atoms with Crippen molar-refractivity contribution < 1.29 is 18.7 Å². The van der Waals surface area contributed by atoms with E-state index in [4.69, 9.17) is 13.9 Å². The number of nitrogens with zero attached hydrogens (tertiary/aromatic N) is 1. The van der Waals surface area contributed by atoms with Crippen molar-refractivity contribution in [2.24, 2.45) is 0 Å². The van der Waals surface area contributed by atoms with Crippen LogP contribution in [0.25, 0.3) is 0 Å². The van der Waals surface area contributed by atoms with E-state index in [1.165, 1.54) is 25.5 Å². The van der Waals surface area contributed by atoms with E-state index in [2.05, 4.69) is 4.98 Å². The lowest BCUT2D eigenvalue weighted by atomic mass is 9.89. The number of methoxy groups -OCH3 is 1. The Morgan fingerprint density at radius 1 is 1.47 bits per heavy atom. The first kappa shape index (κ1) is 14.1. The molecule has 0 aliphatic heterocycles. The van der Waals surface area contributed by atoms with Crippen LogP contribution >= 0.6 is 0 Å². The molecule has 1 fully saturated rings. The summed E-state index contributed by atoms with van der Waals surface area (Å²) in [6.07, 6.45) is 7.15. The minimum absolute atomic E-state index is 0.117.